The zero-order chi connectivity index (χ0) is 19.7. The van der Waals surface area contributed by atoms with E-state index in [0.29, 0.717) is 0 Å². The van der Waals surface area contributed by atoms with Gasteiger partial charge in [0, 0.05) is 6.10 Å². The Morgan fingerprint density at radius 2 is 1.17 bits per heavy atom. The molecule has 0 aromatic heterocycles. The van der Waals surface area contributed by atoms with Crippen LogP contribution < -0.4 is 18.9 Å². The minimum Gasteiger partial charge on any atom is -0.515 e. The first-order valence-corrected chi connectivity index (χ1v) is 10.2. The molecule has 0 amide bonds. The molecule has 3 aromatic rings. The molecular formula is C27H29LiO. The Bertz CT molecular complexity index is 734. The summed E-state index contributed by atoms with van der Waals surface area (Å²) in [7, 11) is 0. The predicted octanol–water partition coefficient (Wildman–Crippen LogP) is 3.94. The fourth-order valence-corrected chi connectivity index (χ4v) is 3.74. The van der Waals surface area contributed by atoms with Crippen molar-refractivity contribution in [1.29, 1.82) is 0 Å². The predicted molar refractivity (Wildman–Crippen MR) is 117 cm³/mol. The van der Waals surface area contributed by atoms with Crippen LogP contribution in [0.4, 0.5) is 0 Å². The summed E-state index contributed by atoms with van der Waals surface area (Å²) in [4.78, 5) is 0. The Kier molecular flexibility index (Phi) is 9.49. The van der Waals surface area contributed by atoms with Gasteiger partial charge in [-0.05, 0) is 23.1 Å². The van der Waals surface area contributed by atoms with E-state index in [2.05, 4.69) is 79.7 Å². The van der Waals surface area contributed by atoms with Crippen LogP contribution in [0.2, 0.25) is 0 Å². The van der Waals surface area contributed by atoms with Crippen molar-refractivity contribution in [2.24, 2.45) is 0 Å². The molecule has 1 atom stereocenters. The maximum atomic E-state index is 6.91. The van der Waals surface area contributed by atoms with Gasteiger partial charge >= 0.3 is 18.9 Å². The SMILES string of the molecule is [CH-]=CC(CCCCC)OC(c1ccccc1)(c1ccccc1)c1ccccc1.[Li+]. The van der Waals surface area contributed by atoms with E-state index in [4.69, 9.17) is 11.3 Å². The standard InChI is InChI=1S/C27H29O.Li/c1-3-5-9-22-26(4-2)28-27(23-16-10-6-11-17-23,24-18-12-7-13-19-24)25-20-14-8-15-21-25;/h2,4,6-8,10-21,26H,3,5,9,22H2,1H3;/q-1;+1. The summed E-state index contributed by atoms with van der Waals surface area (Å²) >= 11 is 0. The first kappa shape index (κ1) is 23.2. The summed E-state index contributed by atoms with van der Waals surface area (Å²) in [6, 6.07) is 31.4. The Labute approximate surface area is 188 Å². The summed E-state index contributed by atoms with van der Waals surface area (Å²) in [5.74, 6) is 0. The van der Waals surface area contributed by atoms with E-state index in [1.54, 1.807) is 6.08 Å². The van der Waals surface area contributed by atoms with E-state index in [1.165, 1.54) is 12.8 Å². The molecule has 0 aliphatic rings. The summed E-state index contributed by atoms with van der Waals surface area (Å²) in [6.07, 6.45) is 5.95. The fourth-order valence-electron chi connectivity index (χ4n) is 3.74. The molecule has 0 fully saturated rings. The van der Waals surface area contributed by atoms with Crippen LogP contribution in [0, 0.1) is 6.58 Å². The number of ether oxygens (including phenoxy) is 1. The molecule has 0 heterocycles. The van der Waals surface area contributed by atoms with Gasteiger partial charge in [0.2, 0.25) is 0 Å². The fraction of sp³-hybridized carbons (Fsp3) is 0.259. The Hall–Kier alpha value is -2.04. The average molecular weight is 376 g/mol. The zero-order valence-corrected chi connectivity index (χ0v) is 17.6. The first-order chi connectivity index (χ1) is 13.8. The molecule has 0 radical (unpaired) electrons. The largest absolute Gasteiger partial charge is 1.00 e. The van der Waals surface area contributed by atoms with Crippen molar-refractivity contribution in [3.05, 3.63) is 120 Å². The molecule has 144 valence electrons. The number of benzene rings is 3. The minimum absolute atomic E-state index is 0. The molecule has 0 saturated carbocycles. The number of hydrogen-bond acceptors (Lipinski definition) is 1. The zero-order valence-electron chi connectivity index (χ0n) is 17.6. The smallest absolute Gasteiger partial charge is 0.515 e. The van der Waals surface area contributed by atoms with Gasteiger partial charge in [-0.1, -0.05) is 117 Å². The van der Waals surface area contributed by atoms with Crippen molar-refractivity contribution in [3.8, 4) is 0 Å². The van der Waals surface area contributed by atoms with E-state index < -0.39 is 5.60 Å². The topological polar surface area (TPSA) is 9.23 Å². The molecule has 3 aromatic carbocycles. The summed E-state index contributed by atoms with van der Waals surface area (Å²) in [5, 5.41) is 0. The minimum atomic E-state index is -0.712. The van der Waals surface area contributed by atoms with Gasteiger partial charge in [0.25, 0.3) is 0 Å². The molecule has 1 nitrogen and oxygen atoms in total. The van der Waals surface area contributed by atoms with Gasteiger partial charge < -0.3 is 11.3 Å². The third-order valence-corrected chi connectivity index (χ3v) is 5.18. The van der Waals surface area contributed by atoms with Crippen molar-refractivity contribution in [1.82, 2.24) is 0 Å². The second kappa shape index (κ2) is 11.8. The molecule has 0 spiro atoms. The molecule has 0 aliphatic carbocycles. The average Bonchev–Trinajstić information content (AvgIpc) is 2.78. The van der Waals surface area contributed by atoms with Crippen LogP contribution in [0.25, 0.3) is 0 Å². The number of hydrogen-bond donors (Lipinski definition) is 0. The first-order valence-electron chi connectivity index (χ1n) is 10.2. The summed E-state index contributed by atoms with van der Waals surface area (Å²) in [5.41, 5.74) is 2.61. The molecule has 0 N–H and O–H groups in total. The number of unbranched alkanes of at least 4 members (excludes halogenated alkanes) is 2. The number of rotatable bonds is 10. The van der Waals surface area contributed by atoms with Crippen molar-refractivity contribution in [3.63, 3.8) is 0 Å². The summed E-state index contributed by atoms with van der Waals surface area (Å²) < 4.78 is 6.91. The van der Waals surface area contributed by atoms with E-state index in [1.807, 2.05) is 18.2 Å². The normalized spacial score (nSPS) is 12.0. The molecule has 1 unspecified atom stereocenters. The van der Waals surface area contributed by atoms with E-state index >= 15 is 0 Å². The van der Waals surface area contributed by atoms with E-state index in [0.717, 1.165) is 29.5 Å². The van der Waals surface area contributed by atoms with Gasteiger partial charge in [-0.3, -0.25) is 0 Å². The third-order valence-electron chi connectivity index (χ3n) is 5.18. The Morgan fingerprint density at radius 1 is 0.759 bits per heavy atom. The maximum Gasteiger partial charge on any atom is 1.00 e. The molecule has 0 bridgehead atoms. The van der Waals surface area contributed by atoms with Crippen molar-refractivity contribution in [2.75, 3.05) is 0 Å². The van der Waals surface area contributed by atoms with Crippen LogP contribution in [0.15, 0.2) is 97.1 Å². The van der Waals surface area contributed by atoms with Crippen molar-refractivity contribution < 1.29 is 23.6 Å². The third kappa shape index (κ3) is 5.52. The molecule has 29 heavy (non-hydrogen) atoms. The second-order valence-electron chi connectivity index (χ2n) is 7.12. The van der Waals surface area contributed by atoms with Gasteiger partial charge in [0.15, 0.2) is 0 Å². The van der Waals surface area contributed by atoms with Gasteiger partial charge in [-0.2, -0.15) is 0 Å². The summed E-state index contributed by atoms with van der Waals surface area (Å²) in [6.45, 7) is 8.26. The quantitative estimate of drug-likeness (QED) is 0.225. The van der Waals surface area contributed by atoms with Crippen LogP contribution in [0.3, 0.4) is 0 Å². The van der Waals surface area contributed by atoms with Crippen LogP contribution in [-0.2, 0) is 10.3 Å². The van der Waals surface area contributed by atoms with E-state index in [9.17, 15) is 0 Å². The monoisotopic (exact) mass is 376 g/mol. The molecule has 0 aliphatic heterocycles. The van der Waals surface area contributed by atoms with Gasteiger partial charge in [0.1, 0.15) is 5.60 Å². The van der Waals surface area contributed by atoms with Gasteiger partial charge in [-0.25, -0.2) is 6.08 Å². The van der Waals surface area contributed by atoms with Crippen molar-refractivity contribution >= 4 is 0 Å². The molecular weight excluding hydrogens is 347 g/mol. The van der Waals surface area contributed by atoms with Crippen LogP contribution >= 0.6 is 0 Å². The molecule has 2 heteroatoms. The Balaban J connectivity index is 0.00000300. The van der Waals surface area contributed by atoms with Crippen LogP contribution in [0.5, 0.6) is 0 Å². The molecule has 3 rings (SSSR count). The van der Waals surface area contributed by atoms with E-state index in [-0.39, 0.29) is 25.0 Å². The molecule has 0 saturated heterocycles. The van der Waals surface area contributed by atoms with Crippen molar-refractivity contribution in [2.45, 2.75) is 44.3 Å². The van der Waals surface area contributed by atoms with Gasteiger partial charge in [-0.15, -0.1) is 0 Å². The second-order valence-corrected chi connectivity index (χ2v) is 7.12. The maximum absolute atomic E-state index is 6.91. The van der Waals surface area contributed by atoms with Crippen LogP contribution in [-0.4, -0.2) is 6.10 Å². The van der Waals surface area contributed by atoms with Gasteiger partial charge in [0.05, 0.1) is 0 Å². The van der Waals surface area contributed by atoms with Crippen LogP contribution in [0.1, 0.15) is 49.3 Å². The Morgan fingerprint density at radius 3 is 1.52 bits per heavy atom.